The zero-order valence-electron chi connectivity index (χ0n) is 22.0. The molecule has 0 saturated heterocycles. The first kappa shape index (κ1) is 29.6. The number of nitriles is 2. The van der Waals surface area contributed by atoms with Crippen LogP contribution >= 0.6 is 23.1 Å². The molecule has 39 heavy (non-hydrogen) atoms. The number of benzene rings is 2. The molecular weight excluding hydrogens is 528 g/mol. The molecule has 0 spiro atoms. The number of aliphatic hydroxyl groups excluding tert-OH is 2. The van der Waals surface area contributed by atoms with E-state index in [0.717, 1.165) is 27.6 Å². The molecule has 0 fully saturated rings. The monoisotopic (exact) mass is 558 g/mol. The maximum absolute atomic E-state index is 9.94. The van der Waals surface area contributed by atoms with Gasteiger partial charge >= 0.3 is 0 Å². The Bertz CT molecular complexity index is 1490. The zero-order valence-corrected chi connectivity index (χ0v) is 23.6. The van der Waals surface area contributed by atoms with Crippen LogP contribution in [0.1, 0.15) is 41.3 Å². The number of aliphatic hydroxyl groups is 2. The average Bonchev–Trinajstić information content (AvgIpc) is 3.38. The molecule has 1 unspecified atom stereocenters. The van der Waals surface area contributed by atoms with Crippen molar-refractivity contribution in [2.75, 3.05) is 17.7 Å². The van der Waals surface area contributed by atoms with Gasteiger partial charge in [0.15, 0.2) is 5.13 Å². The Labute approximate surface area is 236 Å². The summed E-state index contributed by atoms with van der Waals surface area (Å²) in [7, 11) is 0. The predicted octanol–water partition coefficient (Wildman–Crippen LogP) is 5.93. The van der Waals surface area contributed by atoms with Gasteiger partial charge in [0.2, 0.25) is 0 Å². The van der Waals surface area contributed by atoms with E-state index in [0.29, 0.717) is 28.3 Å². The summed E-state index contributed by atoms with van der Waals surface area (Å²) in [5, 5.41) is 42.7. The maximum Gasteiger partial charge on any atom is 0.187 e. The zero-order chi connectivity index (χ0) is 28.4. The fourth-order valence-corrected chi connectivity index (χ4v) is 5.18. The quantitative estimate of drug-likeness (QED) is 0.193. The van der Waals surface area contributed by atoms with Gasteiger partial charge in [0.25, 0.3) is 0 Å². The summed E-state index contributed by atoms with van der Waals surface area (Å²) in [6.45, 7) is 5.73. The summed E-state index contributed by atoms with van der Waals surface area (Å²) in [5.74, 6) is 0.640. The summed E-state index contributed by atoms with van der Waals surface area (Å²) >= 11 is 2.90. The number of aryl methyl sites for hydroxylation is 2. The molecule has 0 bridgehead atoms. The number of aromatic nitrogens is 2. The molecule has 10 heteroatoms. The van der Waals surface area contributed by atoms with Crippen LogP contribution in [0.2, 0.25) is 0 Å². The number of thiazole rings is 1. The van der Waals surface area contributed by atoms with Crippen LogP contribution in [-0.4, -0.2) is 32.9 Å². The van der Waals surface area contributed by atoms with Crippen molar-refractivity contribution in [2.45, 2.75) is 44.1 Å². The van der Waals surface area contributed by atoms with Crippen molar-refractivity contribution in [2.24, 2.45) is 0 Å². The van der Waals surface area contributed by atoms with Crippen LogP contribution in [0.15, 0.2) is 58.9 Å². The average molecular weight is 559 g/mol. The van der Waals surface area contributed by atoms with E-state index in [1.54, 1.807) is 0 Å². The largest absolute Gasteiger partial charge is 0.394 e. The van der Waals surface area contributed by atoms with Gasteiger partial charge in [-0.1, -0.05) is 60.6 Å². The molecule has 200 valence electrons. The molecule has 4 aromatic rings. The molecular formula is C29H30N6O2S2. The Hall–Kier alpha value is -3.93. The van der Waals surface area contributed by atoms with E-state index in [-0.39, 0.29) is 18.0 Å². The van der Waals surface area contributed by atoms with Gasteiger partial charge in [-0.15, -0.1) is 11.3 Å². The highest BCUT2D eigenvalue weighted by molar-refractivity contribution is 7.98. The highest BCUT2D eigenvalue weighted by Crippen LogP contribution is 2.37. The van der Waals surface area contributed by atoms with Crippen molar-refractivity contribution in [1.29, 1.82) is 10.5 Å². The van der Waals surface area contributed by atoms with Crippen LogP contribution < -0.4 is 11.1 Å². The van der Waals surface area contributed by atoms with Gasteiger partial charge in [0.1, 0.15) is 28.5 Å². The lowest BCUT2D eigenvalue weighted by atomic mass is 9.96. The van der Waals surface area contributed by atoms with Crippen LogP contribution in [0, 0.1) is 36.5 Å². The molecule has 2 aromatic carbocycles. The molecule has 0 aliphatic heterocycles. The van der Waals surface area contributed by atoms with E-state index in [1.807, 2.05) is 68.6 Å². The van der Waals surface area contributed by atoms with Gasteiger partial charge in [-0.3, -0.25) is 0 Å². The van der Waals surface area contributed by atoms with Crippen molar-refractivity contribution in [1.82, 2.24) is 9.97 Å². The summed E-state index contributed by atoms with van der Waals surface area (Å²) in [4.78, 5) is 9.02. The molecule has 0 amide bonds. The number of nitrogens with one attached hydrogen (secondary N) is 1. The Kier molecular flexibility index (Phi) is 10.9. The fraction of sp³-hybridized carbons (Fsp3) is 0.241. The van der Waals surface area contributed by atoms with Gasteiger partial charge in [-0.25, -0.2) is 9.97 Å². The molecule has 0 aliphatic carbocycles. The lowest BCUT2D eigenvalue weighted by Gasteiger charge is -2.13. The lowest BCUT2D eigenvalue weighted by Crippen LogP contribution is -2.08. The summed E-state index contributed by atoms with van der Waals surface area (Å²) < 4.78 is 0. The van der Waals surface area contributed by atoms with E-state index in [9.17, 15) is 10.5 Å². The summed E-state index contributed by atoms with van der Waals surface area (Å²) in [5.41, 5.74) is 12.1. The van der Waals surface area contributed by atoms with E-state index in [2.05, 4.69) is 33.5 Å². The third-order valence-corrected chi connectivity index (χ3v) is 7.43. The number of pyridine rings is 1. The predicted molar refractivity (Wildman–Crippen MR) is 158 cm³/mol. The van der Waals surface area contributed by atoms with Crippen LogP contribution in [0.25, 0.3) is 11.1 Å². The standard InChI is InChI=1S/C25H20N6S2.C4H10O2/c1-15-6-8-17(9-7-15)22-20(11-26)23(28)31-24(21(22)12-27)32-13-19-14-33-25(30-19)29-18-5-3-4-16(2)10-18;1-2-4(6)3-5/h3-10,14H,13H2,1-2H3,(H2,28,31)(H,29,30);4-6H,2-3H2,1H3. The number of anilines is 3. The number of nitrogens with zero attached hydrogens (tertiary/aromatic N) is 4. The van der Waals surface area contributed by atoms with Crippen molar-refractivity contribution in [3.8, 4) is 23.3 Å². The van der Waals surface area contributed by atoms with E-state index in [4.69, 9.17) is 15.9 Å². The number of hydrogen-bond acceptors (Lipinski definition) is 10. The van der Waals surface area contributed by atoms with E-state index in [1.165, 1.54) is 28.7 Å². The second-order valence-electron chi connectivity index (χ2n) is 8.69. The van der Waals surface area contributed by atoms with Gasteiger partial charge in [-0.2, -0.15) is 10.5 Å². The first-order valence-electron chi connectivity index (χ1n) is 12.2. The van der Waals surface area contributed by atoms with Crippen molar-refractivity contribution >= 4 is 39.7 Å². The topological polar surface area (TPSA) is 152 Å². The second-order valence-corrected chi connectivity index (χ2v) is 10.5. The van der Waals surface area contributed by atoms with Gasteiger partial charge < -0.3 is 21.3 Å². The first-order valence-corrected chi connectivity index (χ1v) is 14.1. The Balaban J connectivity index is 0.000000631. The molecule has 1 atom stereocenters. The highest BCUT2D eigenvalue weighted by atomic mass is 32.2. The van der Waals surface area contributed by atoms with Crippen LogP contribution in [-0.2, 0) is 5.75 Å². The minimum Gasteiger partial charge on any atom is -0.394 e. The fourth-order valence-electron chi connectivity index (χ4n) is 3.46. The molecule has 0 radical (unpaired) electrons. The molecule has 2 heterocycles. The number of rotatable bonds is 8. The number of nitrogen functional groups attached to an aromatic ring is 1. The maximum atomic E-state index is 9.94. The summed E-state index contributed by atoms with van der Waals surface area (Å²) in [6.07, 6.45) is 0.126. The smallest absolute Gasteiger partial charge is 0.187 e. The van der Waals surface area contributed by atoms with Gasteiger partial charge in [0, 0.05) is 22.4 Å². The number of thioether (sulfide) groups is 1. The Morgan fingerprint density at radius 3 is 2.36 bits per heavy atom. The second kappa shape index (κ2) is 14.3. The van der Waals surface area contributed by atoms with Crippen LogP contribution in [0.5, 0.6) is 0 Å². The minimum atomic E-state index is -0.509. The van der Waals surface area contributed by atoms with Crippen molar-refractivity contribution in [3.63, 3.8) is 0 Å². The van der Waals surface area contributed by atoms with Crippen LogP contribution in [0.3, 0.4) is 0 Å². The van der Waals surface area contributed by atoms with Gasteiger partial charge in [0.05, 0.1) is 24.0 Å². The summed E-state index contributed by atoms with van der Waals surface area (Å²) in [6, 6.07) is 20.1. The molecule has 0 saturated carbocycles. The first-order chi connectivity index (χ1) is 18.8. The Morgan fingerprint density at radius 2 is 1.77 bits per heavy atom. The number of hydrogen-bond donors (Lipinski definition) is 4. The highest BCUT2D eigenvalue weighted by Gasteiger charge is 2.20. The molecule has 2 aromatic heterocycles. The van der Waals surface area contributed by atoms with Gasteiger partial charge in [-0.05, 0) is 43.5 Å². The lowest BCUT2D eigenvalue weighted by molar-refractivity contribution is 0.0923. The third kappa shape index (κ3) is 8.03. The van der Waals surface area contributed by atoms with E-state index < -0.39 is 6.10 Å². The Morgan fingerprint density at radius 1 is 1.05 bits per heavy atom. The third-order valence-electron chi connectivity index (χ3n) is 5.62. The van der Waals surface area contributed by atoms with Crippen molar-refractivity contribution < 1.29 is 10.2 Å². The molecule has 8 nitrogen and oxygen atoms in total. The SMILES string of the molecule is CCC(O)CO.Cc1ccc(-c2c(C#N)c(N)nc(SCc3csc(Nc4cccc(C)c4)n3)c2C#N)cc1. The van der Waals surface area contributed by atoms with Crippen molar-refractivity contribution in [3.05, 3.63) is 81.9 Å². The molecule has 4 rings (SSSR count). The molecule has 5 N–H and O–H groups in total. The van der Waals surface area contributed by atoms with E-state index >= 15 is 0 Å². The number of nitrogens with two attached hydrogens (primary N) is 1. The minimum absolute atomic E-state index is 0.115. The molecule has 0 aliphatic rings. The normalized spacial score (nSPS) is 11.1. The van der Waals surface area contributed by atoms with Crippen LogP contribution in [0.4, 0.5) is 16.6 Å².